The second-order valence-corrected chi connectivity index (χ2v) is 55.4. The highest BCUT2D eigenvalue weighted by atomic mass is 32.2. The number of hydrogen-bond donors (Lipinski definition) is 1. The van der Waals surface area contributed by atoms with E-state index in [9.17, 15) is 5.11 Å². The zero-order valence-corrected chi connectivity index (χ0v) is 92.6. The van der Waals surface area contributed by atoms with Crippen LogP contribution in [0.5, 0.6) is 0 Å². The predicted molar refractivity (Wildman–Crippen MR) is 528 cm³/mol. The van der Waals surface area contributed by atoms with Gasteiger partial charge in [-0.3, -0.25) is 0 Å². The third kappa shape index (κ3) is 41.8. The maximum Gasteiger partial charge on any atom is 0.335 e. The molecule has 0 saturated carbocycles. The van der Waals surface area contributed by atoms with Gasteiger partial charge >= 0.3 is 11.8 Å². The smallest absolute Gasteiger partial charge is 0.335 e. The molecule has 0 aliphatic rings. The summed E-state index contributed by atoms with van der Waals surface area (Å²) in [6.45, 7) is 16.7. The first-order chi connectivity index (χ1) is 65.2. The minimum atomic E-state index is -7.92. The minimum Gasteiger partial charge on any atom is -0.478 e. The van der Waals surface area contributed by atoms with Crippen molar-refractivity contribution in [3.63, 3.8) is 0 Å². The second kappa shape index (κ2) is 69.1. The molecule has 0 radical (unpaired) electrons. The van der Waals surface area contributed by atoms with E-state index in [-0.39, 0.29) is 154 Å². The molecule has 0 heterocycles. The maximum atomic E-state index is 21.4. The SMILES string of the molecule is CCCCCCCCS(=O)(=O)N(F)C(C=C(C(=O)O)C(N(F)S(=O)(=O)CCCCCCCC)(N(F)S(=O)(=O)CCCCCCCC)C(N(F)S(=O)(=O)CCCCCCCC)(N(F)S(=O)(=O)CCCCCCCC)N(F)S(=O)(=O)CCCCCCCC)(N(F)S(=O)(=O)CCCCCCCC)C(N(F)S(=O)(=O)CCCCCCCC)(N(F)S(=O)(=O)CCCCCCCC)N(F)S(=O)(=O)CCCCCCCC. The number of carbonyl (C=O) groups is 1. The Kier molecular flexibility index (Phi) is 67.9. The highest BCUT2D eigenvalue weighted by molar-refractivity contribution is 7.92. The molecule has 0 amide bonds. The van der Waals surface area contributed by atoms with Gasteiger partial charge in [-0.15, -0.1) is 44.8 Å². The Morgan fingerprint density at radius 2 is 0.302 bits per heavy atom. The Morgan fingerprint density at radius 3 is 0.439 bits per heavy atom. The van der Waals surface area contributed by atoms with Crippen molar-refractivity contribution in [3.05, 3.63) is 11.6 Å². The fourth-order valence-electron chi connectivity index (χ4n) is 16.2. The molecule has 0 unspecified atom stereocenters. The van der Waals surface area contributed by atoms with Gasteiger partial charge in [0, 0.05) is 27.2 Å². The van der Waals surface area contributed by atoms with Crippen molar-refractivity contribution < 1.29 is 139 Å². The summed E-state index contributed by atoms with van der Waals surface area (Å²) in [7, 11) is -76.5. The highest BCUT2D eigenvalue weighted by Crippen LogP contribution is 2.58. The lowest BCUT2D eigenvalue weighted by Crippen LogP contribution is -2.87. The summed E-state index contributed by atoms with van der Waals surface area (Å²) in [6, 6.07) is 0. The molecule has 52 heteroatoms. The van der Waals surface area contributed by atoms with Crippen molar-refractivity contribution in [2.24, 2.45) is 0 Å². The summed E-state index contributed by atoms with van der Waals surface area (Å²) in [4.78, 5) is 16.5. The van der Waals surface area contributed by atoms with Crippen molar-refractivity contribution in [1.82, 2.24) is 45.3 Å². The van der Waals surface area contributed by atoms with Crippen LogP contribution >= 0.6 is 0 Å². The van der Waals surface area contributed by atoms with E-state index < -0.39 is 372 Å². The van der Waals surface area contributed by atoms with E-state index in [1.807, 2.05) is 0 Å². The predicted octanol–water partition coefficient (Wildman–Crippen LogP) is 22.5. The van der Waals surface area contributed by atoms with Crippen LogP contribution in [0, 0.1) is 0 Å². The average molecular weight is 2220 g/mol. The highest BCUT2D eigenvalue weighted by Gasteiger charge is 2.87. The largest absolute Gasteiger partial charge is 0.478 e. The summed E-state index contributed by atoms with van der Waals surface area (Å²) in [5.41, 5.74) is -20.2. The minimum absolute atomic E-state index is 0.0746. The first-order valence-corrected chi connectivity index (χ1v) is 67.1. The van der Waals surface area contributed by atoms with Crippen LogP contribution in [-0.2, 0) is 105 Å². The number of aliphatic carboxylic acids is 1. The fraction of sp³-hybridized carbons (Fsp3) is 0.966. The summed E-state index contributed by atoms with van der Waals surface area (Å²) < 4.78 is 506. The summed E-state index contributed by atoms with van der Waals surface area (Å²) in [6.07, 6.45) is -14.6. The molecule has 0 rings (SSSR count). The Hall–Kier alpha value is -2.39. The normalized spacial score (nSPS) is 14.1. The quantitative estimate of drug-likeness (QED) is 0.0194. The summed E-state index contributed by atoms with van der Waals surface area (Å²) in [5.74, 6) is -43.5. The molecular weight excluding hydrogens is 2050 g/mol. The molecule has 0 bridgehead atoms. The monoisotopic (exact) mass is 2220 g/mol. The Morgan fingerprint density at radius 1 is 0.187 bits per heavy atom. The molecule has 0 atom stereocenters. The van der Waals surface area contributed by atoms with Gasteiger partial charge in [0.15, 0.2) is 0 Å². The molecule has 0 aromatic heterocycles. The van der Waals surface area contributed by atoms with Crippen molar-refractivity contribution in [3.8, 4) is 0 Å². The van der Waals surface area contributed by atoms with E-state index in [2.05, 4.69) is 0 Å². The topological polar surface area (TPSA) is 411 Å². The number of carboxylic acid groups (broad SMARTS) is 1. The van der Waals surface area contributed by atoms with Gasteiger partial charge in [-0.25, -0.2) is 89.0 Å². The van der Waals surface area contributed by atoms with Gasteiger partial charge in [0.2, 0.25) is 106 Å². The van der Waals surface area contributed by atoms with Crippen LogP contribution in [0.25, 0.3) is 0 Å². The molecule has 32 nitrogen and oxygen atoms in total. The zero-order chi connectivity index (χ0) is 106. The average Bonchev–Trinajstić information content (AvgIpc) is 0.660. The standard InChI is InChI=1S/C87H172F10N10O22S10/c1-11-21-31-41-51-61-71-130(110,111)98(88)84(99(89)131(112,113)72-62-52-42-32-22-12-2,86(102(92)134(118,119)75-65-55-45-35-25-15-5,103(93)135(120,121)76-66-56-46-36-26-16-6)104(94)136(122,123)77-67-57-47-37-27-17-7)81-82(83(108)109)85(100(90)132(114,115)73-63-53-43-33-23-13-3,101(91)133(116,117)74-64-54-44-34-24-14-4)87(105(95)137(124,125)78-68-58-48-38-28-18-8,106(96)138(126,127)79-69-59-49-39-29-19-9)107(97)139(128,129)80-70-60-50-40-30-20-10/h81H,11-80H2,1-10H3,(H,108,109). The van der Waals surface area contributed by atoms with Crippen LogP contribution in [0.4, 0.5) is 44.8 Å². The van der Waals surface area contributed by atoms with Crippen LogP contribution < -0.4 is 0 Å². The number of rotatable bonds is 95. The van der Waals surface area contributed by atoms with Crippen LogP contribution in [0.3, 0.4) is 0 Å². The lowest BCUT2D eigenvalue weighted by Gasteiger charge is -2.56. The van der Waals surface area contributed by atoms with Crippen LogP contribution in [0.2, 0.25) is 0 Å². The molecular formula is C87H172F10N10O22S10. The lowest BCUT2D eigenvalue weighted by atomic mass is 9.88. The van der Waals surface area contributed by atoms with Gasteiger partial charge < -0.3 is 5.11 Å². The van der Waals surface area contributed by atoms with E-state index in [1.54, 1.807) is 69.2 Å². The Balaban J connectivity index is 14.4. The molecule has 0 fully saturated rings. The van der Waals surface area contributed by atoms with E-state index in [0.29, 0.717) is 103 Å². The van der Waals surface area contributed by atoms with Crippen LogP contribution in [-0.4, -0.2) is 221 Å². The van der Waals surface area contributed by atoms with Crippen LogP contribution in [0.1, 0.15) is 454 Å². The van der Waals surface area contributed by atoms with Crippen molar-refractivity contribution >= 4 is 106 Å². The summed E-state index contributed by atoms with van der Waals surface area (Å²) in [5, 5.41) is 13.0. The molecule has 0 aliphatic carbocycles. The van der Waals surface area contributed by atoms with Crippen molar-refractivity contribution in [1.29, 1.82) is 0 Å². The third-order valence-electron chi connectivity index (χ3n) is 24.4. The van der Waals surface area contributed by atoms with Crippen LogP contribution in [0.15, 0.2) is 11.6 Å². The van der Waals surface area contributed by atoms with E-state index >= 15 is 134 Å². The first-order valence-electron chi connectivity index (χ1n) is 51.0. The molecule has 139 heavy (non-hydrogen) atoms. The number of unbranched alkanes of at least 4 members (excludes halogenated alkanes) is 50. The van der Waals surface area contributed by atoms with E-state index in [0.717, 1.165) is 0 Å². The number of sulfonamides is 10. The fourth-order valence-corrected chi connectivity index (χ4v) is 30.7. The van der Waals surface area contributed by atoms with Gasteiger partial charge in [0.1, 0.15) is 0 Å². The van der Waals surface area contributed by atoms with Gasteiger partial charge in [0.05, 0.1) is 63.1 Å². The lowest BCUT2D eigenvalue weighted by molar-refractivity contribution is -0.337. The zero-order valence-electron chi connectivity index (χ0n) is 84.4. The number of carboxylic acids is 1. The number of halogens is 10. The van der Waals surface area contributed by atoms with Crippen molar-refractivity contribution in [2.75, 3.05) is 57.5 Å². The Labute approximate surface area is 831 Å². The van der Waals surface area contributed by atoms with Gasteiger partial charge in [-0.1, -0.05) is 390 Å². The maximum absolute atomic E-state index is 21.4. The molecule has 832 valence electrons. The van der Waals surface area contributed by atoms with Gasteiger partial charge in [-0.2, -0.15) is 0 Å². The molecule has 0 aromatic rings. The van der Waals surface area contributed by atoms with Crippen molar-refractivity contribution in [2.45, 2.75) is 477 Å². The van der Waals surface area contributed by atoms with E-state index in [4.69, 9.17) is 0 Å². The van der Waals surface area contributed by atoms with Gasteiger partial charge in [-0.05, 0) is 88.4 Å². The molecule has 1 N–H and O–H groups in total. The number of hydrogen-bond acceptors (Lipinski definition) is 21. The first kappa shape index (κ1) is 137. The van der Waals surface area contributed by atoms with Gasteiger partial charge in [0.25, 0.3) is 11.4 Å². The molecule has 0 aromatic carbocycles. The molecule has 0 spiro atoms. The second-order valence-electron chi connectivity index (χ2n) is 36.5. The number of nitrogens with zero attached hydrogens (tertiary/aromatic N) is 10. The Bertz CT molecular complexity index is 4300. The summed E-state index contributed by atoms with van der Waals surface area (Å²) >= 11 is 0. The molecule has 0 saturated heterocycles. The third-order valence-corrected chi connectivity index (χ3v) is 40.0. The molecule has 0 aliphatic heterocycles. The van der Waals surface area contributed by atoms with E-state index in [1.165, 1.54) is 0 Å².